The van der Waals surface area contributed by atoms with Gasteiger partial charge in [-0.3, -0.25) is 0 Å². The van der Waals surface area contributed by atoms with Crippen molar-refractivity contribution in [3.05, 3.63) is 71.3 Å². The van der Waals surface area contributed by atoms with Gasteiger partial charge in [0, 0.05) is 35.2 Å². The molecule has 0 aliphatic heterocycles. The second-order valence-electron chi connectivity index (χ2n) is 5.70. The maximum Gasteiger partial charge on any atom is 0.123 e. The van der Waals surface area contributed by atoms with Crippen LogP contribution in [0.4, 0.5) is 0 Å². The highest BCUT2D eigenvalue weighted by molar-refractivity contribution is 5.56. The molecule has 0 spiro atoms. The van der Waals surface area contributed by atoms with Crippen LogP contribution in [0.2, 0.25) is 0 Å². The molecule has 0 aromatic heterocycles. The van der Waals surface area contributed by atoms with E-state index in [0.717, 1.165) is 18.2 Å². The molecule has 3 rings (SSSR count). The van der Waals surface area contributed by atoms with Crippen LogP contribution >= 0.6 is 0 Å². The molecule has 0 saturated carbocycles. The first-order chi connectivity index (χ1) is 11.8. The molecule has 6 nitrogen and oxygen atoms in total. The van der Waals surface area contributed by atoms with Crippen LogP contribution in [0.3, 0.4) is 0 Å². The number of rotatable bonds is 3. The van der Waals surface area contributed by atoms with Gasteiger partial charge in [0.05, 0.1) is 0 Å². The van der Waals surface area contributed by atoms with Gasteiger partial charge in [0.1, 0.15) is 34.5 Å². The van der Waals surface area contributed by atoms with E-state index in [1.807, 2.05) is 0 Å². The molecule has 0 radical (unpaired) electrons. The van der Waals surface area contributed by atoms with Gasteiger partial charge in [0.25, 0.3) is 0 Å². The number of hydrogen-bond donors (Lipinski definition) is 6. The Kier molecular flexibility index (Phi) is 4.02. The van der Waals surface area contributed by atoms with Crippen molar-refractivity contribution < 1.29 is 30.6 Å². The fourth-order valence-corrected chi connectivity index (χ4v) is 2.86. The third kappa shape index (κ3) is 3.23. The Hall–Kier alpha value is -3.54. The van der Waals surface area contributed by atoms with Crippen molar-refractivity contribution in [1.29, 1.82) is 0 Å². The molecule has 3 aromatic rings. The maximum atomic E-state index is 10.3. The summed E-state index contributed by atoms with van der Waals surface area (Å²) in [5, 5.41) is 59.1. The third-order valence-electron chi connectivity index (χ3n) is 3.91. The minimum Gasteiger partial charge on any atom is -0.508 e. The molecule has 6 N–H and O–H groups in total. The zero-order valence-corrected chi connectivity index (χ0v) is 13.0. The normalized spacial score (nSPS) is 10.9. The summed E-state index contributed by atoms with van der Waals surface area (Å²) in [6, 6.07) is 12.0. The molecular formula is C19H16O6. The van der Waals surface area contributed by atoms with Gasteiger partial charge >= 0.3 is 0 Å². The van der Waals surface area contributed by atoms with Gasteiger partial charge in [0.15, 0.2) is 0 Å². The summed E-state index contributed by atoms with van der Waals surface area (Å²) in [4.78, 5) is 0. The smallest absolute Gasteiger partial charge is 0.123 e. The van der Waals surface area contributed by atoms with E-state index in [4.69, 9.17) is 0 Å². The zero-order valence-electron chi connectivity index (χ0n) is 13.0. The predicted octanol–water partition coefficient (Wildman–Crippen LogP) is 3.10. The lowest BCUT2D eigenvalue weighted by Gasteiger charge is -2.21. The second kappa shape index (κ2) is 6.16. The fraction of sp³-hybridized carbons (Fsp3) is 0.0526. The van der Waals surface area contributed by atoms with Crippen LogP contribution in [0, 0.1) is 0 Å². The molecule has 0 unspecified atom stereocenters. The van der Waals surface area contributed by atoms with Crippen LogP contribution in [-0.4, -0.2) is 30.6 Å². The van der Waals surface area contributed by atoms with Gasteiger partial charge < -0.3 is 30.6 Å². The first kappa shape index (κ1) is 16.3. The summed E-state index contributed by atoms with van der Waals surface area (Å²) in [5.74, 6) is -1.84. The van der Waals surface area contributed by atoms with Crippen molar-refractivity contribution in [2.45, 2.75) is 5.92 Å². The first-order valence-electron chi connectivity index (χ1n) is 7.42. The molecule has 0 saturated heterocycles. The van der Waals surface area contributed by atoms with Crippen LogP contribution < -0.4 is 0 Å². The molecule has 0 aliphatic rings. The SMILES string of the molecule is Oc1cc(O)cc(C(c2ccc(O)cc2O)c2ccc(O)cc2O)c1. The summed E-state index contributed by atoms with van der Waals surface area (Å²) < 4.78 is 0. The van der Waals surface area contributed by atoms with Crippen LogP contribution in [0.1, 0.15) is 22.6 Å². The van der Waals surface area contributed by atoms with E-state index in [9.17, 15) is 30.6 Å². The average Bonchev–Trinajstić information content (AvgIpc) is 2.50. The summed E-state index contributed by atoms with van der Waals surface area (Å²) in [6.07, 6.45) is 0. The van der Waals surface area contributed by atoms with Gasteiger partial charge in [-0.2, -0.15) is 0 Å². The van der Waals surface area contributed by atoms with E-state index in [0.29, 0.717) is 16.7 Å². The number of aromatic hydroxyl groups is 6. The third-order valence-corrected chi connectivity index (χ3v) is 3.91. The van der Waals surface area contributed by atoms with E-state index in [1.54, 1.807) is 0 Å². The quantitative estimate of drug-likeness (QED) is 0.408. The zero-order chi connectivity index (χ0) is 18.1. The Morgan fingerprint density at radius 1 is 0.480 bits per heavy atom. The predicted molar refractivity (Wildman–Crippen MR) is 90.3 cm³/mol. The molecule has 128 valence electrons. The Morgan fingerprint density at radius 3 is 1.32 bits per heavy atom. The number of phenols is 6. The van der Waals surface area contributed by atoms with E-state index < -0.39 is 5.92 Å². The first-order valence-corrected chi connectivity index (χ1v) is 7.42. The van der Waals surface area contributed by atoms with Crippen molar-refractivity contribution in [3.8, 4) is 34.5 Å². The molecule has 0 bridgehead atoms. The Balaban J connectivity index is 2.27. The van der Waals surface area contributed by atoms with Crippen molar-refractivity contribution in [1.82, 2.24) is 0 Å². The molecule has 6 heteroatoms. The molecule has 0 amide bonds. The number of hydrogen-bond acceptors (Lipinski definition) is 6. The Bertz CT molecular complexity index is 863. The molecule has 25 heavy (non-hydrogen) atoms. The Labute approximate surface area is 143 Å². The average molecular weight is 340 g/mol. The number of phenolic OH excluding ortho intramolecular Hbond substituents is 6. The summed E-state index contributed by atoms with van der Waals surface area (Å²) in [7, 11) is 0. The molecule has 0 atom stereocenters. The van der Waals surface area contributed by atoms with Crippen LogP contribution in [0.15, 0.2) is 54.6 Å². The monoisotopic (exact) mass is 340 g/mol. The van der Waals surface area contributed by atoms with E-state index >= 15 is 0 Å². The van der Waals surface area contributed by atoms with Crippen molar-refractivity contribution in [2.75, 3.05) is 0 Å². The standard InChI is InChI=1S/C19H16O6/c20-11-1-3-15(17(24)8-11)19(10-5-13(22)7-14(23)6-10)16-4-2-12(21)9-18(16)25/h1-9,19-25H. The highest BCUT2D eigenvalue weighted by atomic mass is 16.3. The van der Waals surface area contributed by atoms with Crippen molar-refractivity contribution in [3.63, 3.8) is 0 Å². The summed E-state index contributed by atoms with van der Waals surface area (Å²) in [5.41, 5.74) is 1.08. The lowest BCUT2D eigenvalue weighted by Crippen LogP contribution is -2.04. The molecule has 0 heterocycles. The van der Waals surface area contributed by atoms with Crippen molar-refractivity contribution in [2.24, 2.45) is 0 Å². The van der Waals surface area contributed by atoms with Gasteiger partial charge in [-0.05, 0) is 29.8 Å². The van der Waals surface area contributed by atoms with Crippen molar-refractivity contribution >= 4 is 0 Å². The van der Waals surface area contributed by atoms with E-state index in [1.165, 1.54) is 36.4 Å². The van der Waals surface area contributed by atoms with Crippen LogP contribution in [0.25, 0.3) is 0 Å². The van der Waals surface area contributed by atoms with Gasteiger partial charge in [0.2, 0.25) is 0 Å². The minimum atomic E-state index is -0.765. The minimum absolute atomic E-state index is 0.131. The van der Waals surface area contributed by atoms with E-state index in [-0.39, 0.29) is 34.5 Å². The van der Waals surface area contributed by atoms with Gasteiger partial charge in [-0.1, -0.05) is 12.1 Å². The Morgan fingerprint density at radius 2 is 0.920 bits per heavy atom. The van der Waals surface area contributed by atoms with Gasteiger partial charge in [-0.25, -0.2) is 0 Å². The van der Waals surface area contributed by atoms with E-state index in [2.05, 4.69) is 0 Å². The molecule has 0 fully saturated rings. The largest absolute Gasteiger partial charge is 0.508 e. The molecular weight excluding hydrogens is 324 g/mol. The fourth-order valence-electron chi connectivity index (χ4n) is 2.86. The summed E-state index contributed by atoms with van der Waals surface area (Å²) in [6.45, 7) is 0. The second-order valence-corrected chi connectivity index (χ2v) is 5.70. The van der Waals surface area contributed by atoms with Crippen LogP contribution in [-0.2, 0) is 0 Å². The molecule has 0 aliphatic carbocycles. The lowest BCUT2D eigenvalue weighted by molar-refractivity contribution is 0.436. The highest BCUT2D eigenvalue weighted by Crippen LogP contribution is 2.43. The maximum absolute atomic E-state index is 10.3. The number of benzene rings is 3. The topological polar surface area (TPSA) is 121 Å². The van der Waals surface area contributed by atoms with Gasteiger partial charge in [-0.15, -0.1) is 0 Å². The summed E-state index contributed by atoms with van der Waals surface area (Å²) >= 11 is 0. The molecule has 3 aromatic carbocycles. The highest BCUT2D eigenvalue weighted by Gasteiger charge is 2.24. The lowest BCUT2D eigenvalue weighted by atomic mass is 9.84. The van der Waals surface area contributed by atoms with Crippen LogP contribution in [0.5, 0.6) is 34.5 Å².